The largest absolute Gasteiger partial charge is 0.396 e. The molecule has 0 fully saturated rings. The molecule has 0 saturated carbocycles. The molecule has 1 heterocycles. The van der Waals surface area contributed by atoms with Gasteiger partial charge in [-0.2, -0.15) is 0 Å². The summed E-state index contributed by atoms with van der Waals surface area (Å²) in [6.07, 6.45) is 5.67. The zero-order valence-corrected chi connectivity index (χ0v) is 8.05. The smallest absolute Gasteiger partial charge is 0.167 e. The average molecular weight is 186 g/mol. The highest BCUT2D eigenvalue weighted by atomic mass is 32.2. The number of aliphatic hydroxyl groups is 1. The van der Waals surface area contributed by atoms with Gasteiger partial charge in [0.2, 0.25) is 0 Å². The summed E-state index contributed by atoms with van der Waals surface area (Å²) >= 11 is 1.73. The molecular weight excluding hydrogens is 172 g/mol. The van der Waals surface area contributed by atoms with Crippen molar-refractivity contribution in [2.24, 2.45) is 7.05 Å². The number of imidazole rings is 1. The highest BCUT2D eigenvalue weighted by Gasteiger charge is 1.98. The van der Waals surface area contributed by atoms with E-state index in [2.05, 4.69) is 4.98 Å². The van der Waals surface area contributed by atoms with Gasteiger partial charge in [-0.05, 0) is 12.8 Å². The number of thioether (sulfide) groups is 1. The molecule has 1 aromatic heterocycles. The molecule has 0 amide bonds. The first-order chi connectivity index (χ1) is 5.84. The molecule has 0 aromatic carbocycles. The summed E-state index contributed by atoms with van der Waals surface area (Å²) in [6, 6.07) is 0. The Labute approximate surface area is 76.8 Å². The van der Waals surface area contributed by atoms with Gasteiger partial charge in [0.05, 0.1) is 0 Å². The topological polar surface area (TPSA) is 38.0 Å². The van der Waals surface area contributed by atoms with E-state index in [-0.39, 0.29) is 0 Å². The Morgan fingerprint density at radius 2 is 2.42 bits per heavy atom. The van der Waals surface area contributed by atoms with Crippen LogP contribution in [0, 0.1) is 0 Å². The minimum absolute atomic E-state index is 0.293. The monoisotopic (exact) mass is 186 g/mol. The highest BCUT2D eigenvalue weighted by molar-refractivity contribution is 7.99. The molecular formula is C8H14N2OS. The second-order valence-electron chi connectivity index (χ2n) is 2.60. The molecule has 0 spiro atoms. The standard InChI is InChI=1S/C8H14N2OS/c1-10-5-4-9-8(10)12-7-3-2-6-11/h4-5,11H,2-3,6-7H2,1H3. The number of unbranched alkanes of at least 4 members (excludes halogenated alkanes) is 1. The van der Waals surface area contributed by atoms with Crippen LogP contribution in [0.4, 0.5) is 0 Å². The number of aliphatic hydroxyl groups excluding tert-OH is 1. The zero-order valence-electron chi connectivity index (χ0n) is 7.23. The number of aromatic nitrogens is 2. The van der Waals surface area contributed by atoms with E-state index >= 15 is 0 Å². The van der Waals surface area contributed by atoms with Crippen molar-refractivity contribution >= 4 is 11.8 Å². The van der Waals surface area contributed by atoms with Gasteiger partial charge >= 0.3 is 0 Å². The number of hydrogen-bond donors (Lipinski definition) is 1. The molecule has 0 radical (unpaired) electrons. The zero-order chi connectivity index (χ0) is 8.81. The molecule has 4 heteroatoms. The van der Waals surface area contributed by atoms with Gasteiger partial charge in [-0.1, -0.05) is 11.8 Å². The van der Waals surface area contributed by atoms with Crippen LogP contribution in [0.2, 0.25) is 0 Å². The average Bonchev–Trinajstić information content (AvgIpc) is 2.46. The summed E-state index contributed by atoms with van der Waals surface area (Å²) < 4.78 is 2.00. The number of aryl methyl sites for hydroxylation is 1. The van der Waals surface area contributed by atoms with Gasteiger partial charge in [0, 0.05) is 31.8 Å². The summed E-state index contributed by atoms with van der Waals surface area (Å²) in [5, 5.41) is 9.60. The van der Waals surface area contributed by atoms with Gasteiger partial charge < -0.3 is 9.67 Å². The summed E-state index contributed by atoms with van der Waals surface area (Å²) in [5.74, 6) is 1.03. The maximum atomic E-state index is 8.55. The third kappa shape index (κ3) is 2.87. The summed E-state index contributed by atoms with van der Waals surface area (Å²) in [6.45, 7) is 0.293. The van der Waals surface area contributed by atoms with Crippen molar-refractivity contribution < 1.29 is 5.11 Å². The molecule has 1 N–H and O–H groups in total. The van der Waals surface area contributed by atoms with Gasteiger partial charge in [-0.3, -0.25) is 0 Å². The van der Waals surface area contributed by atoms with E-state index in [1.54, 1.807) is 18.0 Å². The number of nitrogens with zero attached hydrogens (tertiary/aromatic N) is 2. The molecule has 1 aromatic rings. The van der Waals surface area contributed by atoms with Crippen LogP contribution in [-0.2, 0) is 7.05 Å². The van der Waals surface area contributed by atoms with E-state index in [9.17, 15) is 0 Å². The first-order valence-corrected chi connectivity index (χ1v) is 5.04. The molecule has 0 unspecified atom stereocenters. The Bertz CT molecular complexity index is 225. The van der Waals surface area contributed by atoms with Crippen molar-refractivity contribution in [3.8, 4) is 0 Å². The number of hydrogen-bond acceptors (Lipinski definition) is 3. The van der Waals surface area contributed by atoms with Crippen molar-refractivity contribution in [1.29, 1.82) is 0 Å². The SMILES string of the molecule is Cn1ccnc1SCCCCO. The Morgan fingerprint density at radius 1 is 1.58 bits per heavy atom. The van der Waals surface area contributed by atoms with Crippen LogP contribution in [-0.4, -0.2) is 27.0 Å². The predicted molar refractivity (Wildman–Crippen MR) is 50.3 cm³/mol. The van der Waals surface area contributed by atoms with Crippen molar-refractivity contribution in [2.75, 3.05) is 12.4 Å². The molecule has 12 heavy (non-hydrogen) atoms. The van der Waals surface area contributed by atoms with Crippen molar-refractivity contribution in [3.05, 3.63) is 12.4 Å². The normalized spacial score (nSPS) is 10.5. The molecule has 0 aliphatic carbocycles. The lowest BCUT2D eigenvalue weighted by molar-refractivity contribution is 0.287. The van der Waals surface area contributed by atoms with E-state index < -0.39 is 0 Å². The first kappa shape index (κ1) is 9.61. The number of rotatable bonds is 5. The molecule has 0 aliphatic heterocycles. The van der Waals surface area contributed by atoms with E-state index in [1.165, 1.54) is 0 Å². The highest BCUT2D eigenvalue weighted by Crippen LogP contribution is 2.15. The van der Waals surface area contributed by atoms with E-state index in [1.807, 2.05) is 17.8 Å². The summed E-state index contributed by atoms with van der Waals surface area (Å²) in [4.78, 5) is 4.18. The van der Waals surface area contributed by atoms with Crippen LogP contribution in [0.15, 0.2) is 17.6 Å². The van der Waals surface area contributed by atoms with Gasteiger partial charge in [0.15, 0.2) is 5.16 Å². The molecule has 0 atom stereocenters. The fraction of sp³-hybridized carbons (Fsp3) is 0.625. The van der Waals surface area contributed by atoms with Crippen LogP contribution in [0.25, 0.3) is 0 Å². The second kappa shape index (κ2) is 5.22. The quantitative estimate of drug-likeness (QED) is 0.556. The van der Waals surface area contributed by atoms with E-state index in [4.69, 9.17) is 5.11 Å². The summed E-state index contributed by atoms with van der Waals surface area (Å²) in [7, 11) is 1.99. The Morgan fingerprint density at radius 3 is 3.00 bits per heavy atom. The van der Waals surface area contributed by atoms with Crippen LogP contribution < -0.4 is 0 Å². The van der Waals surface area contributed by atoms with Gasteiger partial charge in [0.1, 0.15) is 0 Å². The lowest BCUT2D eigenvalue weighted by Gasteiger charge is -1.99. The molecule has 3 nitrogen and oxygen atoms in total. The van der Waals surface area contributed by atoms with Gasteiger partial charge in [0.25, 0.3) is 0 Å². The van der Waals surface area contributed by atoms with Gasteiger partial charge in [-0.25, -0.2) is 4.98 Å². The van der Waals surface area contributed by atoms with Crippen LogP contribution in [0.5, 0.6) is 0 Å². The van der Waals surface area contributed by atoms with Crippen LogP contribution in [0.1, 0.15) is 12.8 Å². The Kier molecular flexibility index (Phi) is 4.18. The summed E-state index contributed by atoms with van der Waals surface area (Å²) in [5.41, 5.74) is 0. The third-order valence-electron chi connectivity index (χ3n) is 1.56. The minimum Gasteiger partial charge on any atom is -0.396 e. The lowest BCUT2D eigenvalue weighted by Crippen LogP contribution is -1.91. The van der Waals surface area contributed by atoms with Crippen molar-refractivity contribution in [2.45, 2.75) is 18.0 Å². The van der Waals surface area contributed by atoms with Crippen LogP contribution >= 0.6 is 11.8 Å². The molecule has 0 saturated heterocycles. The maximum absolute atomic E-state index is 8.55. The Balaban J connectivity index is 2.20. The Hall–Kier alpha value is -0.480. The molecule has 68 valence electrons. The lowest BCUT2D eigenvalue weighted by atomic mass is 10.4. The van der Waals surface area contributed by atoms with E-state index in [0.29, 0.717) is 6.61 Å². The van der Waals surface area contributed by atoms with Gasteiger partial charge in [-0.15, -0.1) is 0 Å². The molecule has 1 rings (SSSR count). The van der Waals surface area contributed by atoms with E-state index in [0.717, 1.165) is 23.8 Å². The molecule has 0 aliphatic rings. The van der Waals surface area contributed by atoms with Crippen molar-refractivity contribution in [1.82, 2.24) is 9.55 Å². The second-order valence-corrected chi connectivity index (χ2v) is 3.66. The van der Waals surface area contributed by atoms with Crippen molar-refractivity contribution in [3.63, 3.8) is 0 Å². The maximum Gasteiger partial charge on any atom is 0.167 e. The first-order valence-electron chi connectivity index (χ1n) is 4.05. The minimum atomic E-state index is 0.293. The molecule has 0 bridgehead atoms. The predicted octanol–water partition coefficient (Wildman–Crippen LogP) is 1.28. The third-order valence-corrected chi connectivity index (χ3v) is 2.70. The fourth-order valence-corrected chi connectivity index (χ4v) is 1.80. The van der Waals surface area contributed by atoms with Crippen LogP contribution in [0.3, 0.4) is 0 Å². The fourth-order valence-electron chi connectivity index (χ4n) is 0.868.